The van der Waals surface area contributed by atoms with Crippen molar-refractivity contribution < 1.29 is 9.90 Å². The molecule has 122 valence electrons. The molecule has 1 amide bonds. The quantitative estimate of drug-likeness (QED) is 0.667. The van der Waals surface area contributed by atoms with Crippen molar-refractivity contribution in [3.05, 3.63) is 76.2 Å². The van der Waals surface area contributed by atoms with Gasteiger partial charge in [0.1, 0.15) is 0 Å². The normalized spacial score (nSPS) is 12.0. The number of benzene rings is 2. The zero-order valence-electron chi connectivity index (χ0n) is 12.9. The van der Waals surface area contributed by atoms with E-state index >= 15 is 0 Å². The highest BCUT2D eigenvalue weighted by Gasteiger charge is 2.19. The molecule has 3 rings (SSSR count). The van der Waals surface area contributed by atoms with Gasteiger partial charge in [-0.3, -0.25) is 9.59 Å². The van der Waals surface area contributed by atoms with Crippen LogP contribution in [-0.2, 0) is 0 Å². The summed E-state index contributed by atoms with van der Waals surface area (Å²) < 4.78 is 0. The Morgan fingerprint density at radius 2 is 1.75 bits per heavy atom. The van der Waals surface area contributed by atoms with Gasteiger partial charge >= 0.3 is 0 Å². The Balaban J connectivity index is 1.94. The predicted octanol–water partition coefficient (Wildman–Crippen LogP) is 1.78. The first kappa shape index (κ1) is 15.9. The number of aromatic nitrogens is 2. The van der Waals surface area contributed by atoms with Gasteiger partial charge in [0.05, 0.1) is 11.4 Å². The highest BCUT2D eigenvalue weighted by Crippen LogP contribution is 2.18. The number of aromatic amines is 1. The molecule has 6 heteroatoms. The summed E-state index contributed by atoms with van der Waals surface area (Å²) in [4.78, 5) is 24.5. The van der Waals surface area contributed by atoms with Crippen molar-refractivity contribution >= 4 is 16.7 Å². The average molecular weight is 323 g/mol. The van der Waals surface area contributed by atoms with Gasteiger partial charge in [-0.1, -0.05) is 48.5 Å². The van der Waals surface area contributed by atoms with Crippen molar-refractivity contribution in [2.75, 3.05) is 6.61 Å². The molecule has 1 unspecified atom stereocenters. The van der Waals surface area contributed by atoms with Crippen LogP contribution in [0.15, 0.2) is 59.4 Å². The number of carbonyl (C=O) groups is 1. The molecule has 3 N–H and O–H groups in total. The number of amides is 1. The summed E-state index contributed by atoms with van der Waals surface area (Å²) in [5, 5.41) is 19.3. The van der Waals surface area contributed by atoms with Crippen LogP contribution in [0.2, 0.25) is 0 Å². The number of aliphatic hydroxyl groups is 1. The maximum Gasteiger partial charge on any atom is 0.272 e. The Kier molecular flexibility index (Phi) is 4.67. The number of rotatable bonds is 5. The first-order valence-corrected chi connectivity index (χ1v) is 7.65. The van der Waals surface area contributed by atoms with E-state index in [1.54, 1.807) is 24.3 Å². The fraction of sp³-hybridized carbons (Fsp3) is 0.167. The second-order valence-corrected chi connectivity index (χ2v) is 5.40. The fourth-order valence-electron chi connectivity index (χ4n) is 2.65. The number of nitrogens with zero attached hydrogens (tertiary/aromatic N) is 1. The van der Waals surface area contributed by atoms with Gasteiger partial charge in [-0.25, -0.2) is 5.10 Å². The molecule has 1 aromatic heterocycles. The van der Waals surface area contributed by atoms with E-state index in [9.17, 15) is 14.7 Å². The summed E-state index contributed by atoms with van der Waals surface area (Å²) in [7, 11) is 0. The Morgan fingerprint density at radius 1 is 1.08 bits per heavy atom. The molecule has 0 spiro atoms. The number of nitrogens with one attached hydrogen (secondary N) is 2. The molecular formula is C18H17N3O3. The van der Waals surface area contributed by atoms with Crippen molar-refractivity contribution in [2.24, 2.45) is 0 Å². The van der Waals surface area contributed by atoms with E-state index in [4.69, 9.17) is 0 Å². The van der Waals surface area contributed by atoms with Gasteiger partial charge in [-0.15, -0.1) is 0 Å². The summed E-state index contributed by atoms with van der Waals surface area (Å²) in [5.41, 5.74) is 0.717. The van der Waals surface area contributed by atoms with E-state index < -0.39 is 5.91 Å². The Morgan fingerprint density at radius 3 is 2.46 bits per heavy atom. The molecule has 0 radical (unpaired) electrons. The zero-order chi connectivity index (χ0) is 16.9. The number of aliphatic hydroxyl groups excluding tert-OH is 1. The Labute approximate surface area is 138 Å². The minimum atomic E-state index is -0.398. The number of fused-ring (bicyclic) bond motifs is 1. The van der Waals surface area contributed by atoms with Crippen LogP contribution in [-0.4, -0.2) is 27.8 Å². The maximum atomic E-state index is 12.7. The molecule has 1 heterocycles. The van der Waals surface area contributed by atoms with Gasteiger partial charge in [0, 0.05) is 12.0 Å². The smallest absolute Gasteiger partial charge is 0.272 e. The van der Waals surface area contributed by atoms with Crippen LogP contribution in [0.25, 0.3) is 10.8 Å². The van der Waals surface area contributed by atoms with E-state index in [0.717, 1.165) is 5.56 Å². The third-order valence-electron chi connectivity index (χ3n) is 3.84. The topological polar surface area (TPSA) is 95.1 Å². The minimum absolute atomic E-state index is 0.0559. The van der Waals surface area contributed by atoms with Gasteiger partial charge in [0.25, 0.3) is 11.5 Å². The monoisotopic (exact) mass is 323 g/mol. The van der Waals surface area contributed by atoms with Crippen molar-refractivity contribution in [1.82, 2.24) is 15.5 Å². The number of hydrogen-bond acceptors (Lipinski definition) is 4. The highest BCUT2D eigenvalue weighted by molar-refractivity contribution is 6.04. The van der Waals surface area contributed by atoms with Gasteiger partial charge < -0.3 is 10.4 Å². The van der Waals surface area contributed by atoms with Crippen LogP contribution >= 0.6 is 0 Å². The number of carbonyl (C=O) groups excluding carboxylic acids is 1. The van der Waals surface area contributed by atoms with E-state index in [-0.39, 0.29) is 23.9 Å². The second-order valence-electron chi connectivity index (χ2n) is 5.40. The van der Waals surface area contributed by atoms with Crippen LogP contribution < -0.4 is 10.9 Å². The van der Waals surface area contributed by atoms with E-state index in [2.05, 4.69) is 15.5 Å². The molecule has 0 saturated carbocycles. The Hall–Kier alpha value is -2.99. The Bertz CT molecular complexity index is 906. The molecule has 2 aromatic carbocycles. The van der Waals surface area contributed by atoms with Gasteiger partial charge in [0.2, 0.25) is 0 Å². The molecule has 0 saturated heterocycles. The molecule has 3 aromatic rings. The molecule has 1 atom stereocenters. The maximum absolute atomic E-state index is 12.7. The summed E-state index contributed by atoms with van der Waals surface area (Å²) in [6, 6.07) is 15.9. The summed E-state index contributed by atoms with van der Waals surface area (Å²) >= 11 is 0. The number of H-pyrrole nitrogens is 1. The third-order valence-corrected chi connectivity index (χ3v) is 3.84. The molecule has 24 heavy (non-hydrogen) atoms. The molecule has 0 fully saturated rings. The lowest BCUT2D eigenvalue weighted by Crippen LogP contribution is -2.31. The van der Waals surface area contributed by atoms with Crippen LogP contribution in [0.3, 0.4) is 0 Å². The average Bonchev–Trinajstić information content (AvgIpc) is 2.62. The first-order valence-electron chi connectivity index (χ1n) is 7.65. The molecular weight excluding hydrogens is 306 g/mol. The summed E-state index contributed by atoms with van der Waals surface area (Å²) in [6.07, 6.45) is 0.386. The predicted molar refractivity (Wildman–Crippen MR) is 90.7 cm³/mol. The van der Waals surface area contributed by atoms with Gasteiger partial charge in [-0.05, 0) is 18.1 Å². The largest absolute Gasteiger partial charge is 0.396 e. The standard InChI is InChI=1S/C18H17N3O3/c22-11-10-15(12-6-2-1-3-7-12)19-18(24)16-13-8-4-5-9-14(13)17(23)21-20-16/h1-9,15,22H,10-11H2,(H,19,24)(H,21,23). The van der Waals surface area contributed by atoms with E-state index in [1.807, 2.05) is 30.3 Å². The van der Waals surface area contributed by atoms with Crippen LogP contribution in [0.5, 0.6) is 0 Å². The fourth-order valence-corrected chi connectivity index (χ4v) is 2.65. The summed E-state index contributed by atoms with van der Waals surface area (Å²) in [6.45, 7) is -0.0559. The lowest BCUT2D eigenvalue weighted by molar-refractivity contribution is 0.0925. The van der Waals surface area contributed by atoms with Crippen molar-refractivity contribution in [3.8, 4) is 0 Å². The third kappa shape index (κ3) is 3.18. The van der Waals surface area contributed by atoms with Crippen LogP contribution in [0.1, 0.15) is 28.5 Å². The minimum Gasteiger partial charge on any atom is -0.396 e. The molecule has 0 aliphatic heterocycles. The van der Waals surface area contributed by atoms with E-state index in [0.29, 0.717) is 17.2 Å². The van der Waals surface area contributed by atoms with Crippen LogP contribution in [0.4, 0.5) is 0 Å². The lowest BCUT2D eigenvalue weighted by atomic mass is 10.0. The molecule has 0 bridgehead atoms. The van der Waals surface area contributed by atoms with Crippen molar-refractivity contribution in [2.45, 2.75) is 12.5 Å². The van der Waals surface area contributed by atoms with Crippen LogP contribution in [0, 0.1) is 0 Å². The number of hydrogen-bond donors (Lipinski definition) is 3. The lowest BCUT2D eigenvalue weighted by Gasteiger charge is -2.18. The first-order chi connectivity index (χ1) is 11.7. The van der Waals surface area contributed by atoms with Gasteiger partial charge in [-0.2, -0.15) is 5.10 Å². The molecule has 6 nitrogen and oxygen atoms in total. The van der Waals surface area contributed by atoms with Gasteiger partial charge in [0.15, 0.2) is 5.69 Å². The van der Waals surface area contributed by atoms with E-state index in [1.165, 1.54) is 0 Å². The second kappa shape index (κ2) is 7.06. The molecule has 0 aliphatic rings. The zero-order valence-corrected chi connectivity index (χ0v) is 12.9. The van der Waals surface area contributed by atoms with Crippen molar-refractivity contribution in [1.29, 1.82) is 0 Å². The van der Waals surface area contributed by atoms with Crippen molar-refractivity contribution in [3.63, 3.8) is 0 Å². The molecule has 0 aliphatic carbocycles. The summed E-state index contributed by atoms with van der Waals surface area (Å²) in [5.74, 6) is -0.398. The SMILES string of the molecule is O=C(NC(CCO)c1ccccc1)c1n[nH]c(=O)c2ccccc12. The highest BCUT2D eigenvalue weighted by atomic mass is 16.3.